The van der Waals surface area contributed by atoms with Crippen LogP contribution in [-0.2, 0) is 19.6 Å². The summed E-state index contributed by atoms with van der Waals surface area (Å²) in [7, 11) is -3.99. The van der Waals surface area contributed by atoms with Gasteiger partial charge in [-0.2, -0.15) is 4.72 Å². The van der Waals surface area contributed by atoms with Gasteiger partial charge in [0.2, 0.25) is 10.0 Å². The maximum absolute atomic E-state index is 12.4. The maximum Gasteiger partial charge on any atom is 0.327 e. The Kier molecular flexibility index (Phi) is 4.55. The lowest BCUT2D eigenvalue weighted by molar-refractivity contribution is -0.144. The van der Waals surface area contributed by atoms with E-state index in [1.807, 2.05) is 0 Å². The fourth-order valence-corrected chi connectivity index (χ4v) is 4.73. The Bertz CT molecular complexity index is 640. The predicted molar refractivity (Wildman–Crippen MR) is 78.0 cm³/mol. The Hall–Kier alpha value is -0.480. The molecule has 0 saturated carbocycles. The van der Waals surface area contributed by atoms with Crippen LogP contribution in [-0.4, -0.2) is 38.2 Å². The summed E-state index contributed by atoms with van der Waals surface area (Å²) in [6, 6.07) is 4.64. The molecule has 1 aliphatic heterocycles. The van der Waals surface area contributed by atoms with Crippen LogP contribution in [0.15, 0.2) is 32.0 Å². The summed E-state index contributed by atoms with van der Waals surface area (Å²) < 4.78 is 33.0. The van der Waals surface area contributed by atoms with E-state index < -0.39 is 21.5 Å². The highest BCUT2D eigenvalue weighted by Gasteiger charge is 2.46. The van der Waals surface area contributed by atoms with Crippen LogP contribution in [0.3, 0.4) is 0 Å². The normalized spacial score (nSPS) is 22.9. The molecule has 2 N–H and O–H groups in total. The summed E-state index contributed by atoms with van der Waals surface area (Å²) in [5.41, 5.74) is -1.61. The molecule has 1 aromatic carbocycles. The first kappa shape index (κ1) is 15.9. The zero-order chi connectivity index (χ0) is 15.0. The van der Waals surface area contributed by atoms with E-state index in [0.717, 1.165) is 0 Å². The van der Waals surface area contributed by atoms with Crippen LogP contribution in [0.5, 0.6) is 0 Å². The first-order valence-corrected chi connectivity index (χ1v) is 8.64. The number of rotatable bonds is 4. The van der Waals surface area contributed by atoms with E-state index in [-0.39, 0.29) is 24.5 Å². The fourth-order valence-electron chi connectivity index (χ4n) is 1.85. The molecule has 110 valence electrons. The Labute approximate surface area is 132 Å². The van der Waals surface area contributed by atoms with Crippen molar-refractivity contribution in [1.82, 2.24) is 4.72 Å². The van der Waals surface area contributed by atoms with E-state index >= 15 is 0 Å². The molecule has 0 bridgehead atoms. The number of sulfonamides is 1. The monoisotopic (exact) mass is 427 g/mol. The second kappa shape index (κ2) is 5.72. The molecule has 1 fully saturated rings. The molecule has 20 heavy (non-hydrogen) atoms. The minimum Gasteiger partial charge on any atom is -0.480 e. The summed E-state index contributed by atoms with van der Waals surface area (Å²) in [6.07, 6.45) is 0.0905. The van der Waals surface area contributed by atoms with Crippen LogP contribution < -0.4 is 4.72 Å². The van der Waals surface area contributed by atoms with Crippen molar-refractivity contribution in [2.75, 3.05) is 13.2 Å². The number of benzene rings is 1. The zero-order valence-corrected chi connectivity index (χ0v) is 14.1. The molecule has 1 saturated heterocycles. The molecule has 0 aliphatic carbocycles. The van der Waals surface area contributed by atoms with Gasteiger partial charge in [-0.3, -0.25) is 4.79 Å². The number of aliphatic carboxylic acids is 1. The Morgan fingerprint density at radius 1 is 1.40 bits per heavy atom. The molecule has 2 rings (SSSR count). The lowest BCUT2D eigenvalue weighted by Gasteiger charge is -2.23. The molecule has 1 atom stereocenters. The highest BCUT2D eigenvalue weighted by atomic mass is 79.9. The van der Waals surface area contributed by atoms with Crippen molar-refractivity contribution in [2.45, 2.75) is 16.9 Å². The first-order chi connectivity index (χ1) is 9.27. The van der Waals surface area contributed by atoms with Gasteiger partial charge in [0.15, 0.2) is 5.54 Å². The minimum atomic E-state index is -3.99. The summed E-state index contributed by atoms with van der Waals surface area (Å²) >= 11 is 6.34. The number of carbonyl (C=O) groups is 1. The van der Waals surface area contributed by atoms with Gasteiger partial charge in [0.05, 0.1) is 11.5 Å². The molecule has 1 unspecified atom stereocenters. The Morgan fingerprint density at radius 3 is 2.65 bits per heavy atom. The molecular formula is C11H11Br2NO5S. The van der Waals surface area contributed by atoms with Crippen molar-refractivity contribution >= 4 is 47.9 Å². The average Bonchev–Trinajstić information content (AvgIpc) is 2.81. The van der Waals surface area contributed by atoms with Crippen molar-refractivity contribution in [1.29, 1.82) is 0 Å². The van der Waals surface area contributed by atoms with Crippen LogP contribution in [0.1, 0.15) is 6.42 Å². The third kappa shape index (κ3) is 3.06. The average molecular weight is 429 g/mol. The van der Waals surface area contributed by atoms with Crippen molar-refractivity contribution < 1.29 is 23.1 Å². The number of hydrogen-bond donors (Lipinski definition) is 2. The van der Waals surface area contributed by atoms with Gasteiger partial charge < -0.3 is 9.84 Å². The predicted octanol–water partition coefficient (Wildman–Crippen LogP) is 1.73. The number of carboxylic acid groups (broad SMARTS) is 1. The van der Waals surface area contributed by atoms with Crippen LogP contribution in [0.25, 0.3) is 0 Å². The zero-order valence-electron chi connectivity index (χ0n) is 10.1. The molecule has 0 radical (unpaired) electrons. The summed E-state index contributed by atoms with van der Waals surface area (Å²) in [5.74, 6) is -1.25. The van der Waals surface area contributed by atoms with Crippen LogP contribution in [0.4, 0.5) is 0 Å². The van der Waals surface area contributed by atoms with Crippen molar-refractivity contribution in [3.05, 3.63) is 27.1 Å². The molecule has 0 aromatic heterocycles. The lowest BCUT2D eigenvalue weighted by Crippen LogP contribution is -2.55. The largest absolute Gasteiger partial charge is 0.480 e. The van der Waals surface area contributed by atoms with Gasteiger partial charge in [-0.05, 0) is 34.1 Å². The van der Waals surface area contributed by atoms with E-state index in [1.54, 1.807) is 12.1 Å². The van der Waals surface area contributed by atoms with Crippen molar-refractivity contribution in [3.63, 3.8) is 0 Å². The van der Waals surface area contributed by atoms with E-state index in [4.69, 9.17) is 4.74 Å². The minimum absolute atomic E-state index is 0.0283. The molecule has 6 nitrogen and oxygen atoms in total. The van der Waals surface area contributed by atoms with Crippen molar-refractivity contribution in [2.24, 2.45) is 0 Å². The molecule has 0 amide bonds. The van der Waals surface area contributed by atoms with Gasteiger partial charge in [-0.25, -0.2) is 8.42 Å². The van der Waals surface area contributed by atoms with Gasteiger partial charge in [0, 0.05) is 22.0 Å². The van der Waals surface area contributed by atoms with E-state index in [9.17, 15) is 18.3 Å². The third-order valence-corrected chi connectivity index (χ3v) is 5.97. The highest BCUT2D eigenvalue weighted by Crippen LogP contribution is 2.28. The van der Waals surface area contributed by atoms with Gasteiger partial charge >= 0.3 is 5.97 Å². The number of carboxylic acids is 1. The Morgan fingerprint density at radius 2 is 2.10 bits per heavy atom. The summed E-state index contributed by atoms with van der Waals surface area (Å²) in [6.45, 7) is 0.0155. The van der Waals surface area contributed by atoms with E-state index in [1.165, 1.54) is 6.07 Å². The Balaban J connectivity index is 2.40. The maximum atomic E-state index is 12.4. The molecular weight excluding hydrogens is 418 g/mol. The number of hydrogen-bond acceptors (Lipinski definition) is 4. The van der Waals surface area contributed by atoms with Crippen LogP contribution in [0, 0.1) is 0 Å². The van der Waals surface area contributed by atoms with Crippen molar-refractivity contribution in [3.8, 4) is 0 Å². The fraction of sp³-hybridized carbons (Fsp3) is 0.364. The molecule has 1 heterocycles. The quantitative estimate of drug-likeness (QED) is 0.761. The molecule has 1 aliphatic rings. The summed E-state index contributed by atoms with van der Waals surface area (Å²) in [5, 5.41) is 9.27. The second-order valence-electron chi connectivity index (χ2n) is 4.37. The SMILES string of the molecule is O=C(O)C1(NS(=O)(=O)c2cc(Br)ccc2Br)CCOC1. The lowest BCUT2D eigenvalue weighted by atomic mass is 10.0. The van der Waals surface area contributed by atoms with Gasteiger partial charge in [0.1, 0.15) is 0 Å². The van der Waals surface area contributed by atoms with E-state index in [2.05, 4.69) is 36.6 Å². The van der Waals surface area contributed by atoms with Gasteiger partial charge in [-0.1, -0.05) is 15.9 Å². The second-order valence-corrected chi connectivity index (χ2v) is 7.79. The topological polar surface area (TPSA) is 92.7 Å². The summed E-state index contributed by atoms with van der Waals surface area (Å²) in [4.78, 5) is 11.3. The first-order valence-electron chi connectivity index (χ1n) is 5.57. The van der Waals surface area contributed by atoms with E-state index in [0.29, 0.717) is 8.95 Å². The third-order valence-electron chi connectivity index (χ3n) is 2.94. The number of halogens is 2. The van der Waals surface area contributed by atoms with Crippen LogP contribution >= 0.6 is 31.9 Å². The van der Waals surface area contributed by atoms with Gasteiger partial charge in [0.25, 0.3) is 0 Å². The molecule has 9 heteroatoms. The number of nitrogens with one attached hydrogen (secondary N) is 1. The molecule has 0 spiro atoms. The van der Waals surface area contributed by atoms with Gasteiger partial charge in [-0.15, -0.1) is 0 Å². The smallest absolute Gasteiger partial charge is 0.327 e. The van der Waals surface area contributed by atoms with Crippen LogP contribution in [0.2, 0.25) is 0 Å². The molecule has 1 aromatic rings. The highest BCUT2D eigenvalue weighted by molar-refractivity contribution is 9.11. The standard InChI is InChI=1S/C11H11Br2NO5S/c12-7-1-2-8(13)9(5-7)20(17,18)14-11(10(15)16)3-4-19-6-11/h1-2,5,14H,3-4,6H2,(H,15,16). The number of ether oxygens (including phenoxy) is 1.